The fourth-order valence-electron chi connectivity index (χ4n) is 11.0. The number of allylic oxidation sites excluding steroid dienone is 10. The summed E-state index contributed by atoms with van der Waals surface area (Å²) in [5.74, 6) is -0.959. The molecule has 1 unspecified atom stereocenters. The van der Waals surface area contributed by atoms with Gasteiger partial charge in [-0.1, -0.05) is 364 Å². The largest absolute Gasteiger partial charge is 0.462 e. The second-order valence-electron chi connectivity index (χ2n) is 24.8. The highest BCUT2D eigenvalue weighted by Crippen LogP contribution is 2.19. The first-order valence-corrected chi connectivity index (χ1v) is 36.8. The van der Waals surface area contributed by atoms with E-state index in [2.05, 4.69) is 75.5 Å². The standard InChI is InChI=1S/C77H140O6/c1-4-7-10-13-16-19-22-25-27-29-31-32-33-34-35-36-37-38-39-40-41-42-43-44-46-47-49-52-55-58-61-64-67-70-76(79)82-73-74(72-81-75(78)69-66-63-60-57-54-51-24-21-18-15-12-9-6-3)83-77(80)71-68-65-62-59-56-53-50-48-45-30-28-26-23-20-17-14-11-8-5-2/h9,12,18,21,26,28,51,54,60,63,74H,4-8,10-11,13-17,19-20,22-25,27,29-50,52-53,55-59,61-62,64-73H2,1-3H3/b12-9-,21-18-,28-26-,54-51-,63-60-. The third-order valence-electron chi connectivity index (χ3n) is 16.5. The van der Waals surface area contributed by atoms with Gasteiger partial charge in [-0.25, -0.2) is 0 Å². The van der Waals surface area contributed by atoms with E-state index < -0.39 is 6.10 Å². The summed E-state index contributed by atoms with van der Waals surface area (Å²) < 4.78 is 16.9. The van der Waals surface area contributed by atoms with E-state index >= 15 is 0 Å². The van der Waals surface area contributed by atoms with Gasteiger partial charge in [0.1, 0.15) is 13.2 Å². The molecular weight excluding hydrogens is 1020 g/mol. The monoisotopic (exact) mass is 1160 g/mol. The number of esters is 3. The van der Waals surface area contributed by atoms with E-state index in [9.17, 15) is 14.4 Å². The molecule has 0 aromatic heterocycles. The number of rotatable bonds is 68. The third kappa shape index (κ3) is 69.8. The van der Waals surface area contributed by atoms with Crippen LogP contribution in [0.4, 0.5) is 0 Å². The molecule has 0 aromatic rings. The zero-order valence-electron chi connectivity index (χ0n) is 55.7. The molecule has 0 aliphatic rings. The Hall–Kier alpha value is -2.89. The molecule has 0 fully saturated rings. The number of carbonyl (C=O) groups excluding carboxylic acids is 3. The highest BCUT2D eigenvalue weighted by atomic mass is 16.6. The highest BCUT2D eigenvalue weighted by Gasteiger charge is 2.19. The molecule has 83 heavy (non-hydrogen) atoms. The number of carbonyl (C=O) groups is 3. The van der Waals surface area contributed by atoms with E-state index in [-0.39, 0.29) is 37.5 Å². The van der Waals surface area contributed by atoms with Crippen LogP contribution in [0.5, 0.6) is 0 Å². The molecule has 484 valence electrons. The average Bonchev–Trinajstić information content (AvgIpc) is 3.49. The molecular formula is C77H140O6. The van der Waals surface area contributed by atoms with Crippen molar-refractivity contribution in [3.63, 3.8) is 0 Å². The van der Waals surface area contributed by atoms with Gasteiger partial charge in [0.15, 0.2) is 6.10 Å². The van der Waals surface area contributed by atoms with Gasteiger partial charge < -0.3 is 14.2 Å². The van der Waals surface area contributed by atoms with Crippen LogP contribution in [-0.2, 0) is 28.6 Å². The maximum Gasteiger partial charge on any atom is 0.306 e. The molecule has 0 rings (SSSR count). The molecule has 0 bridgehead atoms. The highest BCUT2D eigenvalue weighted by molar-refractivity contribution is 5.71. The summed E-state index contributed by atoms with van der Waals surface area (Å²) in [5, 5.41) is 0. The summed E-state index contributed by atoms with van der Waals surface area (Å²) in [5.41, 5.74) is 0. The lowest BCUT2D eigenvalue weighted by Gasteiger charge is -2.18. The van der Waals surface area contributed by atoms with E-state index in [4.69, 9.17) is 14.2 Å². The summed E-state index contributed by atoms with van der Waals surface area (Å²) in [4.78, 5) is 38.3. The Bertz CT molecular complexity index is 1470. The Morgan fingerprint density at radius 2 is 0.494 bits per heavy atom. The van der Waals surface area contributed by atoms with Crippen molar-refractivity contribution in [3.05, 3.63) is 60.8 Å². The van der Waals surface area contributed by atoms with Crippen molar-refractivity contribution >= 4 is 17.9 Å². The predicted molar refractivity (Wildman–Crippen MR) is 362 cm³/mol. The number of unbranched alkanes of at least 4 members (excludes halogenated alkanes) is 47. The molecule has 0 radical (unpaired) electrons. The van der Waals surface area contributed by atoms with Crippen molar-refractivity contribution in [2.75, 3.05) is 13.2 Å². The smallest absolute Gasteiger partial charge is 0.306 e. The van der Waals surface area contributed by atoms with Gasteiger partial charge in [-0.2, -0.15) is 0 Å². The Balaban J connectivity index is 4.14. The third-order valence-corrected chi connectivity index (χ3v) is 16.5. The van der Waals surface area contributed by atoms with Gasteiger partial charge in [-0.15, -0.1) is 0 Å². The first-order chi connectivity index (χ1) is 41.0. The lowest BCUT2D eigenvalue weighted by Crippen LogP contribution is -2.30. The first-order valence-electron chi connectivity index (χ1n) is 36.8. The van der Waals surface area contributed by atoms with Crippen LogP contribution in [0, 0.1) is 0 Å². The predicted octanol–water partition coefficient (Wildman–Crippen LogP) is 25.5. The van der Waals surface area contributed by atoms with Gasteiger partial charge in [0.25, 0.3) is 0 Å². The summed E-state index contributed by atoms with van der Waals surface area (Å²) in [7, 11) is 0. The Morgan fingerprint density at radius 1 is 0.253 bits per heavy atom. The zero-order valence-corrected chi connectivity index (χ0v) is 55.7. The minimum Gasteiger partial charge on any atom is -0.462 e. The van der Waals surface area contributed by atoms with Crippen molar-refractivity contribution in [1.29, 1.82) is 0 Å². The molecule has 0 spiro atoms. The molecule has 6 nitrogen and oxygen atoms in total. The van der Waals surface area contributed by atoms with Crippen LogP contribution in [0.2, 0.25) is 0 Å². The van der Waals surface area contributed by atoms with Crippen LogP contribution in [0.25, 0.3) is 0 Å². The van der Waals surface area contributed by atoms with Gasteiger partial charge in [0.2, 0.25) is 0 Å². The number of ether oxygens (including phenoxy) is 3. The van der Waals surface area contributed by atoms with Crippen LogP contribution < -0.4 is 0 Å². The molecule has 0 amide bonds. The minimum atomic E-state index is -0.804. The van der Waals surface area contributed by atoms with Crippen molar-refractivity contribution in [3.8, 4) is 0 Å². The van der Waals surface area contributed by atoms with Crippen LogP contribution in [-0.4, -0.2) is 37.2 Å². The van der Waals surface area contributed by atoms with E-state index in [1.54, 1.807) is 0 Å². The lowest BCUT2D eigenvalue weighted by molar-refractivity contribution is -0.166. The van der Waals surface area contributed by atoms with Crippen LogP contribution in [0.3, 0.4) is 0 Å². The molecule has 0 saturated heterocycles. The summed E-state index contributed by atoms with van der Waals surface area (Å²) in [6, 6.07) is 0. The van der Waals surface area contributed by atoms with E-state index in [0.717, 1.165) is 64.2 Å². The van der Waals surface area contributed by atoms with E-state index in [1.807, 2.05) is 6.08 Å². The van der Waals surface area contributed by atoms with Crippen molar-refractivity contribution < 1.29 is 28.6 Å². The molecule has 0 aromatic carbocycles. The first kappa shape index (κ1) is 80.1. The van der Waals surface area contributed by atoms with E-state index in [1.165, 1.54) is 283 Å². The van der Waals surface area contributed by atoms with Crippen molar-refractivity contribution in [2.45, 2.75) is 399 Å². The van der Waals surface area contributed by atoms with Crippen molar-refractivity contribution in [1.82, 2.24) is 0 Å². The van der Waals surface area contributed by atoms with Gasteiger partial charge in [-0.3, -0.25) is 14.4 Å². The topological polar surface area (TPSA) is 78.9 Å². The van der Waals surface area contributed by atoms with Crippen LogP contribution >= 0.6 is 0 Å². The quantitative estimate of drug-likeness (QED) is 0.0261. The molecule has 0 aliphatic carbocycles. The second-order valence-corrected chi connectivity index (χ2v) is 24.8. The SMILES string of the molecule is CC/C=C\C/C=C\C/C=C\C/C=C\CCC(=O)OCC(COC(=O)CCCCCCCCCCCCCCCCCCCCCCCCCCCCCCCCCCC)OC(=O)CCCCCCCCCCC/C=C\CCCCCCCC. The normalized spacial score (nSPS) is 12.4. The fraction of sp³-hybridized carbons (Fsp3) is 0.831. The maximum absolute atomic E-state index is 12.9. The molecule has 0 heterocycles. The molecule has 0 aliphatic heterocycles. The van der Waals surface area contributed by atoms with Crippen LogP contribution in [0.15, 0.2) is 60.8 Å². The average molecular weight is 1160 g/mol. The number of hydrogen-bond acceptors (Lipinski definition) is 6. The Labute approximate surface area is 517 Å². The Kier molecular flexibility index (Phi) is 69.1. The Morgan fingerprint density at radius 3 is 0.807 bits per heavy atom. The van der Waals surface area contributed by atoms with E-state index in [0.29, 0.717) is 19.3 Å². The lowest BCUT2D eigenvalue weighted by atomic mass is 10.0. The zero-order chi connectivity index (χ0) is 59.9. The number of hydrogen-bond donors (Lipinski definition) is 0. The minimum absolute atomic E-state index is 0.0934. The van der Waals surface area contributed by atoms with Crippen molar-refractivity contribution in [2.24, 2.45) is 0 Å². The van der Waals surface area contributed by atoms with Gasteiger partial charge in [0.05, 0.1) is 0 Å². The molecule has 0 N–H and O–H groups in total. The summed E-state index contributed by atoms with van der Waals surface area (Å²) >= 11 is 0. The van der Waals surface area contributed by atoms with Gasteiger partial charge >= 0.3 is 17.9 Å². The molecule has 6 heteroatoms. The second kappa shape index (κ2) is 71.6. The van der Waals surface area contributed by atoms with Gasteiger partial charge in [0, 0.05) is 19.3 Å². The fourth-order valence-corrected chi connectivity index (χ4v) is 11.0. The molecule has 0 saturated carbocycles. The van der Waals surface area contributed by atoms with Crippen LogP contribution in [0.1, 0.15) is 393 Å². The molecule has 1 atom stereocenters. The summed E-state index contributed by atoms with van der Waals surface area (Å²) in [6.45, 7) is 6.52. The summed E-state index contributed by atoms with van der Waals surface area (Å²) in [6.07, 6.45) is 93.0. The maximum atomic E-state index is 12.9. The van der Waals surface area contributed by atoms with Gasteiger partial charge in [-0.05, 0) is 70.6 Å².